The number of fused-ring (bicyclic) bond motifs is 2. The van der Waals surface area contributed by atoms with E-state index in [4.69, 9.17) is 21.1 Å². The number of amides is 1. The number of aliphatic hydroxyl groups is 1. The summed E-state index contributed by atoms with van der Waals surface area (Å²) in [6.45, 7) is 9.18. The molecule has 2 fully saturated rings. The molecule has 0 spiro atoms. The highest BCUT2D eigenvalue weighted by Gasteiger charge is 2.47. The van der Waals surface area contributed by atoms with Crippen molar-refractivity contribution in [1.82, 2.24) is 4.72 Å². The maximum atomic E-state index is 13.6. The van der Waals surface area contributed by atoms with Crippen molar-refractivity contribution in [2.45, 2.75) is 74.6 Å². The van der Waals surface area contributed by atoms with E-state index in [1.54, 1.807) is 24.3 Å². The smallest absolute Gasteiger partial charge is 0.265 e. The van der Waals surface area contributed by atoms with Crippen LogP contribution in [0, 0.1) is 11.8 Å². The molecule has 5 rings (SSSR count). The summed E-state index contributed by atoms with van der Waals surface area (Å²) in [6.07, 6.45) is 8.78. The van der Waals surface area contributed by atoms with E-state index in [0.717, 1.165) is 49.7 Å². The van der Waals surface area contributed by atoms with E-state index in [1.807, 2.05) is 18.2 Å². The van der Waals surface area contributed by atoms with Crippen LogP contribution in [-0.2, 0) is 32.6 Å². The number of anilines is 1. The zero-order chi connectivity index (χ0) is 30.6. The summed E-state index contributed by atoms with van der Waals surface area (Å²) in [5.41, 5.74) is 1.66. The fraction of sp³-hybridized carbons (Fsp3) is 0.485. The zero-order valence-corrected chi connectivity index (χ0v) is 26.0. The standard InChI is InChI=1S/C33H41ClN2O6S/c1-3-18-42-33(15-7-16-33)32(38)35-43(39,40)27-12-14-31-29(20-27)36(21-24-10-13-28(24)30(37)4-2)17-6-5-8-23-19-26(34)11-9-25(23)22-41-31/h3-4,9,11-12,14,19-20,24,28,30,37H,1-2,5-8,10,13,15-18,21-22H2,(H,35,38)/t24-,28+,30-/m0/s1. The highest BCUT2D eigenvalue weighted by molar-refractivity contribution is 7.90. The van der Waals surface area contributed by atoms with Crippen LogP contribution < -0.4 is 14.4 Å². The van der Waals surface area contributed by atoms with Gasteiger partial charge < -0.3 is 19.5 Å². The van der Waals surface area contributed by atoms with Crippen LogP contribution in [0.15, 0.2) is 66.6 Å². The Kier molecular flexibility index (Phi) is 9.86. The predicted molar refractivity (Wildman–Crippen MR) is 168 cm³/mol. The van der Waals surface area contributed by atoms with Crippen molar-refractivity contribution < 1.29 is 27.8 Å². The third-order valence-corrected chi connectivity index (χ3v) is 10.7. The van der Waals surface area contributed by atoms with Crippen molar-refractivity contribution in [2.24, 2.45) is 11.8 Å². The maximum absolute atomic E-state index is 13.6. The molecular weight excluding hydrogens is 588 g/mol. The van der Waals surface area contributed by atoms with Crippen LogP contribution in [-0.4, -0.2) is 50.8 Å². The molecule has 0 bridgehead atoms. The van der Waals surface area contributed by atoms with Gasteiger partial charge >= 0.3 is 0 Å². The van der Waals surface area contributed by atoms with Crippen LogP contribution in [0.2, 0.25) is 5.02 Å². The molecule has 2 aliphatic carbocycles. The molecular formula is C33H41ClN2O6S. The van der Waals surface area contributed by atoms with Crippen LogP contribution >= 0.6 is 11.6 Å². The molecule has 0 aromatic heterocycles. The lowest BCUT2D eigenvalue weighted by Gasteiger charge is -2.42. The third-order valence-electron chi connectivity index (χ3n) is 9.15. The van der Waals surface area contributed by atoms with E-state index in [0.29, 0.717) is 49.0 Å². The first-order valence-electron chi connectivity index (χ1n) is 15.1. The molecule has 0 radical (unpaired) electrons. The quantitative estimate of drug-likeness (QED) is 0.332. The molecule has 8 nitrogen and oxygen atoms in total. The molecule has 2 aromatic carbocycles. The summed E-state index contributed by atoms with van der Waals surface area (Å²) < 4.78 is 41.5. The number of rotatable bonds is 10. The highest BCUT2D eigenvalue weighted by Crippen LogP contribution is 2.41. The molecule has 2 aromatic rings. The Morgan fingerprint density at radius 3 is 2.65 bits per heavy atom. The minimum Gasteiger partial charge on any atom is -0.487 e. The number of carbonyl (C=O) groups is 1. The van der Waals surface area contributed by atoms with Gasteiger partial charge in [-0.3, -0.25) is 4.79 Å². The number of hydrogen-bond donors (Lipinski definition) is 2. The van der Waals surface area contributed by atoms with Gasteiger partial charge in [0.2, 0.25) is 0 Å². The van der Waals surface area contributed by atoms with Gasteiger partial charge in [0.05, 0.1) is 23.3 Å². The third kappa shape index (κ3) is 6.95. The van der Waals surface area contributed by atoms with Gasteiger partial charge in [0.25, 0.3) is 15.9 Å². The SMILES string of the molecule is C=CCOC1(C(=O)NS(=O)(=O)c2ccc3c(c2)N(C[C@@H]2CC[C@H]2[C@@H](O)C=C)CCCCc2cc(Cl)ccc2CO3)CCC1. The Labute approximate surface area is 259 Å². The fourth-order valence-corrected chi connectivity index (χ4v) is 7.50. The Hall–Kier alpha value is -2.85. The van der Waals surface area contributed by atoms with Crippen LogP contribution in [0.3, 0.4) is 0 Å². The number of nitrogens with one attached hydrogen (secondary N) is 1. The highest BCUT2D eigenvalue weighted by atomic mass is 35.5. The van der Waals surface area contributed by atoms with Gasteiger partial charge in [0, 0.05) is 18.1 Å². The van der Waals surface area contributed by atoms with Gasteiger partial charge in [-0.1, -0.05) is 29.8 Å². The minimum atomic E-state index is -4.20. The molecule has 3 aliphatic rings. The van der Waals surface area contributed by atoms with Gasteiger partial charge in [-0.25, -0.2) is 13.1 Å². The molecule has 10 heteroatoms. The normalized spacial score (nSPS) is 22.2. The average Bonchev–Trinajstić information content (AvgIpc) is 2.97. The molecule has 0 saturated heterocycles. The number of ether oxygens (including phenoxy) is 2. The van der Waals surface area contributed by atoms with Crippen molar-refractivity contribution in [1.29, 1.82) is 0 Å². The molecule has 43 heavy (non-hydrogen) atoms. The van der Waals surface area contributed by atoms with Crippen LogP contribution in [0.1, 0.15) is 56.1 Å². The van der Waals surface area contributed by atoms with E-state index >= 15 is 0 Å². The van der Waals surface area contributed by atoms with Gasteiger partial charge in [0.15, 0.2) is 0 Å². The van der Waals surface area contributed by atoms with Gasteiger partial charge in [-0.05, 0) is 105 Å². The first kappa shape index (κ1) is 31.6. The van der Waals surface area contributed by atoms with E-state index < -0.39 is 27.6 Å². The van der Waals surface area contributed by atoms with Crippen LogP contribution in [0.25, 0.3) is 0 Å². The molecule has 1 heterocycles. The molecule has 0 unspecified atom stereocenters. The second-order valence-corrected chi connectivity index (χ2v) is 14.0. The monoisotopic (exact) mass is 628 g/mol. The first-order chi connectivity index (χ1) is 20.7. The van der Waals surface area contributed by atoms with Gasteiger partial charge in [-0.15, -0.1) is 13.2 Å². The zero-order valence-electron chi connectivity index (χ0n) is 24.5. The number of aliphatic hydroxyl groups excluding tert-OH is 1. The van der Waals surface area contributed by atoms with Crippen molar-refractivity contribution in [3.8, 4) is 5.75 Å². The fourth-order valence-electron chi connectivity index (χ4n) is 6.24. The minimum absolute atomic E-state index is 0.0234. The first-order valence-corrected chi connectivity index (χ1v) is 16.9. The number of benzene rings is 2. The molecule has 1 amide bonds. The van der Waals surface area contributed by atoms with Gasteiger partial charge in [0.1, 0.15) is 18.0 Å². The molecule has 2 saturated carbocycles. The van der Waals surface area contributed by atoms with Crippen molar-refractivity contribution >= 4 is 33.2 Å². The van der Waals surface area contributed by atoms with Crippen molar-refractivity contribution in [2.75, 3.05) is 24.6 Å². The lowest BCUT2D eigenvalue weighted by molar-refractivity contribution is -0.155. The number of carbonyl (C=O) groups excluding carboxylic acids is 1. The van der Waals surface area contributed by atoms with Crippen LogP contribution in [0.4, 0.5) is 5.69 Å². The summed E-state index contributed by atoms with van der Waals surface area (Å²) in [5, 5.41) is 11.2. The number of halogens is 1. The molecule has 1 aliphatic heterocycles. The second kappa shape index (κ2) is 13.4. The topological polar surface area (TPSA) is 105 Å². The van der Waals surface area contributed by atoms with Gasteiger partial charge in [-0.2, -0.15) is 0 Å². The summed E-state index contributed by atoms with van der Waals surface area (Å²) in [6, 6.07) is 10.5. The Morgan fingerprint density at radius 1 is 1.16 bits per heavy atom. The molecule has 232 valence electrons. The Morgan fingerprint density at radius 2 is 1.98 bits per heavy atom. The predicted octanol–water partition coefficient (Wildman–Crippen LogP) is 5.57. The van der Waals surface area contributed by atoms with E-state index in [1.165, 1.54) is 6.07 Å². The summed E-state index contributed by atoms with van der Waals surface area (Å²) in [7, 11) is -4.20. The van der Waals surface area contributed by atoms with E-state index in [-0.39, 0.29) is 23.3 Å². The lowest BCUT2D eigenvalue weighted by atomic mass is 9.70. The Balaban J connectivity index is 1.46. The number of aryl methyl sites for hydroxylation is 1. The van der Waals surface area contributed by atoms with E-state index in [9.17, 15) is 18.3 Å². The summed E-state index contributed by atoms with van der Waals surface area (Å²) in [4.78, 5) is 15.3. The number of nitrogens with zero attached hydrogens (tertiary/aromatic N) is 1. The number of sulfonamides is 1. The summed E-state index contributed by atoms with van der Waals surface area (Å²) >= 11 is 6.30. The second-order valence-electron chi connectivity index (χ2n) is 11.8. The molecule has 2 N–H and O–H groups in total. The largest absolute Gasteiger partial charge is 0.487 e. The van der Waals surface area contributed by atoms with E-state index in [2.05, 4.69) is 22.8 Å². The maximum Gasteiger partial charge on any atom is 0.265 e. The molecule has 3 atom stereocenters. The lowest BCUT2D eigenvalue weighted by Crippen LogP contribution is -2.55. The average molecular weight is 629 g/mol. The van der Waals surface area contributed by atoms with Crippen molar-refractivity contribution in [3.05, 3.63) is 77.9 Å². The van der Waals surface area contributed by atoms with Crippen LogP contribution in [0.5, 0.6) is 5.75 Å². The number of hydrogen-bond acceptors (Lipinski definition) is 7. The Bertz CT molecular complexity index is 1460. The summed E-state index contributed by atoms with van der Waals surface area (Å²) in [5.74, 6) is 0.225. The van der Waals surface area contributed by atoms with Crippen molar-refractivity contribution in [3.63, 3.8) is 0 Å².